The lowest BCUT2D eigenvalue weighted by Crippen LogP contribution is -2.35. The summed E-state index contributed by atoms with van der Waals surface area (Å²) in [5, 5.41) is 5.60. The van der Waals surface area contributed by atoms with Crippen molar-refractivity contribution in [3.05, 3.63) is 60.2 Å². The van der Waals surface area contributed by atoms with Crippen molar-refractivity contribution in [2.45, 2.75) is 12.8 Å². The van der Waals surface area contributed by atoms with Gasteiger partial charge in [0.2, 0.25) is 5.91 Å². The minimum atomic E-state index is -0.165. The van der Waals surface area contributed by atoms with E-state index in [0.717, 1.165) is 18.6 Å². The van der Waals surface area contributed by atoms with Crippen molar-refractivity contribution in [2.75, 3.05) is 13.1 Å². The molecule has 0 spiro atoms. The van der Waals surface area contributed by atoms with Gasteiger partial charge in [-0.05, 0) is 49.2 Å². The Morgan fingerprint density at radius 2 is 1.50 bits per heavy atom. The van der Waals surface area contributed by atoms with Gasteiger partial charge < -0.3 is 15.4 Å². The molecule has 24 heavy (non-hydrogen) atoms. The predicted octanol–water partition coefficient (Wildman–Crippen LogP) is 2.73. The van der Waals surface area contributed by atoms with Crippen LogP contribution in [0.4, 0.5) is 0 Å². The summed E-state index contributed by atoms with van der Waals surface area (Å²) in [6, 6.07) is 16.4. The van der Waals surface area contributed by atoms with E-state index in [0.29, 0.717) is 24.4 Å². The minimum Gasteiger partial charge on any atom is -0.457 e. The van der Waals surface area contributed by atoms with Crippen LogP contribution >= 0.6 is 0 Å². The SMILES string of the molecule is O=C(NCCNC(=O)C1CC1)c1ccc(Oc2ccccc2)cc1. The molecular formula is C19H20N2O3. The van der Waals surface area contributed by atoms with E-state index in [1.807, 2.05) is 30.3 Å². The molecule has 0 atom stereocenters. The molecule has 2 N–H and O–H groups in total. The molecule has 1 fully saturated rings. The summed E-state index contributed by atoms with van der Waals surface area (Å²) in [5.41, 5.74) is 0.559. The van der Waals surface area contributed by atoms with E-state index in [4.69, 9.17) is 4.74 Å². The van der Waals surface area contributed by atoms with Gasteiger partial charge in [-0.1, -0.05) is 18.2 Å². The van der Waals surface area contributed by atoms with Crippen LogP contribution in [0.1, 0.15) is 23.2 Å². The first-order chi connectivity index (χ1) is 11.7. The van der Waals surface area contributed by atoms with Gasteiger partial charge >= 0.3 is 0 Å². The average Bonchev–Trinajstić information content (AvgIpc) is 3.45. The summed E-state index contributed by atoms with van der Waals surface area (Å²) in [6.07, 6.45) is 1.96. The maximum absolute atomic E-state index is 12.0. The first kappa shape index (κ1) is 16.1. The molecule has 1 aliphatic carbocycles. The molecule has 5 heteroatoms. The minimum absolute atomic E-state index is 0.0895. The number of hydrogen-bond donors (Lipinski definition) is 2. The monoisotopic (exact) mass is 324 g/mol. The zero-order valence-electron chi connectivity index (χ0n) is 13.3. The molecular weight excluding hydrogens is 304 g/mol. The Morgan fingerprint density at radius 3 is 2.17 bits per heavy atom. The third-order valence-corrected chi connectivity index (χ3v) is 3.75. The summed E-state index contributed by atoms with van der Waals surface area (Å²) in [6.45, 7) is 0.871. The van der Waals surface area contributed by atoms with E-state index < -0.39 is 0 Å². The summed E-state index contributed by atoms with van der Waals surface area (Å²) >= 11 is 0. The van der Waals surface area contributed by atoms with Crippen LogP contribution in [0.2, 0.25) is 0 Å². The number of hydrogen-bond acceptors (Lipinski definition) is 3. The Bertz CT molecular complexity index is 694. The van der Waals surface area contributed by atoms with Crippen molar-refractivity contribution in [1.29, 1.82) is 0 Å². The second-order valence-electron chi connectivity index (χ2n) is 5.76. The van der Waals surface area contributed by atoms with E-state index in [9.17, 15) is 9.59 Å². The molecule has 0 saturated heterocycles. The number of carbonyl (C=O) groups is 2. The molecule has 3 rings (SSSR count). The Morgan fingerprint density at radius 1 is 0.875 bits per heavy atom. The van der Waals surface area contributed by atoms with E-state index in [2.05, 4.69) is 10.6 Å². The number of nitrogens with one attached hydrogen (secondary N) is 2. The molecule has 5 nitrogen and oxygen atoms in total. The van der Waals surface area contributed by atoms with Gasteiger partial charge in [0.25, 0.3) is 5.91 Å². The Kier molecular flexibility index (Phi) is 5.11. The van der Waals surface area contributed by atoms with Crippen LogP contribution in [0.15, 0.2) is 54.6 Å². The zero-order chi connectivity index (χ0) is 16.8. The highest BCUT2D eigenvalue weighted by Gasteiger charge is 2.28. The van der Waals surface area contributed by atoms with Gasteiger partial charge in [0.1, 0.15) is 11.5 Å². The smallest absolute Gasteiger partial charge is 0.251 e. The molecule has 0 aromatic heterocycles. The highest BCUT2D eigenvalue weighted by Crippen LogP contribution is 2.28. The number of amides is 2. The molecule has 124 valence electrons. The Hall–Kier alpha value is -2.82. The molecule has 0 unspecified atom stereocenters. The number of benzene rings is 2. The Labute approximate surface area is 141 Å². The van der Waals surface area contributed by atoms with Gasteiger partial charge in [0.05, 0.1) is 0 Å². The summed E-state index contributed by atoms with van der Waals surface area (Å²) in [4.78, 5) is 23.5. The number of rotatable bonds is 7. The van der Waals surface area contributed by atoms with Gasteiger partial charge in [-0.25, -0.2) is 0 Å². The quantitative estimate of drug-likeness (QED) is 0.770. The summed E-state index contributed by atoms with van der Waals surface area (Å²) in [7, 11) is 0. The molecule has 1 saturated carbocycles. The molecule has 1 aliphatic rings. The van der Waals surface area contributed by atoms with Crippen molar-refractivity contribution in [3.63, 3.8) is 0 Å². The fourth-order valence-electron chi connectivity index (χ4n) is 2.25. The first-order valence-electron chi connectivity index (χ1n) is 8.11. The van der Waals surface area contributed by atoms with Crippen LogP contribution < -0.4 is 15.4 Å². The molecule has 2 aromatic carbocycles. The van der Waals surface area contributed by atoms with Crippen LogP contribution in [0.3, 0.4) is 0 Å². The normalized spacial score (nSPS) is 13.2. The number of para-hydroxylation sites is 1. The molecule has 2 aromatic rings. The third-order valence-electron chi connectivity index (χ3n) is 3.75. The van der Waals surface area contributed by atoms with Gasteiger partial charge in [-0.2, -0.15) is 0 Å². The zero-order valence-corrected chi connectivity index (χ0v) is 13.3. The van der Waals surface area contributed by atoms with Crippen LogP contribution in [0, 0.1) is 5.92 Å². The fourth-order valence-corrected chi connectivity index (χ4v) is 2.25. The maximum Gasteiger partial charge on any atom is 0.251 e. The average molecular weight is 324 g/mol. The highest BCUT2D eigenvalue weighted by molar-refractivity contribution is 5.94. The van der Waals surface area contributed by atoms with Crippen molar-refractivity contribution < 1.29 is 14.3 Å². The lowest BCUT2D eigenvalue weighted by molar-refractivity contribution is -0.122. The van der Waals surface area contributed by atoms with E-state index in [1.54, 1.807) is 24.3 Å². The molecule has 2 amide bonds. The summed E-state index contributed by atoms with van der Waals surface area (Å²) in [5.74, 6) is 1.54. The van der Waals surface area contributed by atoms with Crippen molar-refractivity contribution in [1.82, 2.24) is 10.6 Å². The van der Waals surface area contributed by atoms with Crippen LogP contribution in [0.5, 0.6) is 11.5 Å². The van der Waals surface area contributed by atoms with Crippen molar-refractivity contribution in [3.8, 4) is 11.5 Å². The number of ether oxygens (including phenoxy) is 1. The van der Waals surface area contributed by atoms with Crippen LogP contribution in [-0.4, -0.2) is 24.9 Å². The second-order valence-corrected chi connectivity index (χ2v) is 5.76. The second kappa shape index (κ2) is 7.64. The topological polar surface area (TPSA) is 67.4 Å². The van der Waals surface area contributed by atoms with E-state index in [1.165, 1.54) is 0 Å². The standard InChI is InChI=1S/C19H20N2O3/c22-18(14-6-7-14)20-12-13-21-19(23)15-8-10-17(11-9-15)24-16-4-2-1-3-5-16/h1-5,8-11,14H,6-7,12-13H2,(H,20,22)(H,21,23). The van der Waals surface area contributed by atoms with Gasteiger partial charge in [0, 0.05) is 24.6 Å². The summed E-state index contributed by atoms with van der Waals surface area (Å²) < 4.78 is 5.69. The number of carbonyl (C=O) groups excluding carboxylic acids is 2. The molecule has 0 bridgehead atoms. The van der Waals surface area contributed by atoms with E-state index >= 15 is 0 Å². The Balaban J connectivity index is 1.44. The van der Waals surface area contributed by atoms with Crippen LogP contribution in [-0.2, 0) is 4.79 Å². The molecule has 0 aliphatic heterocycles. The first-order valence-corrected chi connectivity index (χ1v) is 8.11. The molecule has 0 heterocycles. The predicted molar refractivity (Wildman–Crippen MR) is 91.0 cm³/mol. The van der Waals surface area contributed by atoms with Gasteiger partial charge in [-0.15, -0.1) is 0 Å². The highest BCUT2D eigenvalue weighted by atomic mass is 16.5. The lowest BCUT2D eigenvalue weighted by Gasteiger charge is -2.08. The van der Waals surface area contributed by atoms with E-state index in [-0.39, 0.29) is 17.7 Å². The third kappa shape index (κ3) is 4.59. The fraction of sp³-hybridized carbons (Fsp3) is 0.263. The lowest BCUT2D eigenvalue weighted by atomic mass is 10.2. The van der Waals surface area contributed by atoms with Crippen molar-refractivity contribution in [2.24, 2.45) is 5.92 Å². The van der Waals surface area contributed by atoms with Gasteiger partial charge in [-0.3, -0.25) is 9.59 Å². The maximum atomic E-state index is 12.0. The van der Waals surface area contributed by atoms with Crippen molar-refractivity contribution >= 4 is 11.8 Å². The molecule has 0 radical (unpaired) electrons. The largest absolute Gasteiger partial charge is 0.457 e. The van der Waals surface area contributed by atoms with Crippen LogP contribution in [0.25, 0.3) is 0 Å². The van der Waals surface area contributed by atoms with Gasteiger partial charge in [0.15, 0.2) is 0 Å².